The number of benzene rings is 2. The number of rotatable bonds is 4. The lowest BCUT2D eigenvalue weighted by Crippen LogP contribution is -2.36. The van der Waals surface area contributed by atoms with Gasteiger partial charge in [0, 0.05) is 46.5 Å². The van der Waals surface area contributed by atoms with E-state index in [1.165, 1.54) is 38.5 Å². The Labute approximate surface area is 214 Å². The first-order valence-electron chi connectivity index (χ1n) is 13.5. The van der Waals surface area contributed by atoms with Crippen molar-refractivity contribution in [3.05, 3.63) is 45.5 Å². The fraction of sp³-hybridized carbons (Fsp3) is 0.571. The molecule has 2 fully saturated rings. The summed E-state index contributed by atoms with van der Waals surface area (Å²) >= 11 is 0. The molecule has 4 aliphatic rings. The fourth-order valence-corrected chi connectivity index (χ4v) is 8.52. The lowest BCUT2D eigenvalue weighted by atomic mass is 9.86. The average Bonchev–Trinajstić information content (AvgIpc) is 2.88. The Kier molecular flexibility index (Phi) is 6.32. The molecule has 0 unspecified atom stereocenters. The standard InChI is InChI=1S/C28H37N2O5P/c1-18-25(31)20(15-29-9-5-3-6-10-29)13-22-24-17-36(33,34-27(18)22)35-28-19(2)26(32)21(14-23(24)28)16-30-11-7-4-8-12-30/h13-14,24,31-32H,3-12,15-17H2,1-2H3. The lowest BCUT2D eigenvalue weighted by Gasteiger charge is -2.42. The third-order valence-corrected chi connectivity index (χ3v) is 10.2. The topological polar surface area (TPSA) is 88.5 Å². The SMILES string of the molecule is Cc1c(O)c(CN2CCCCC2)cc2c1O[P+]1([O-])CC2c2cc(CN3CCCCC3)c(O)c(C)c2O1. The summed E-state index contributed by atoms with van der Waals surface area (Å²) in [5.74, 6) is 1.26. The molecule has 194 valence electrons. The molecule has 0 saturated carbocycles. The second-order valence-corrected chi connectivity index (χ2v) is 13.0. The molecule has 36 heavy (non-hydrogen) atoms. The first-order valence-corrected chi connectivity index (χ1v) is 15.2. The van der Waals surface area contributed by atoms with E-state index in [9.17, 15) is 15.1 Å². The Morgan fingerprint density at radius 3 is 1.61 bits per heavy atom. The summed E-state index contributed by atoms with van der Waals surface area (Å²) in [6, 6.07) is 4.12. The van der Waals surface area contributed by atoms with Crippen molar-refractivity contribution >= 4 is 7.94 Å². The molecule has 4 aliphatic heterocycles. The molecule has 0 aliphatic carbocycles. The van der Waals surface area contributed by atoms with Gasteiger partial charge in [0.25, 0.3) is 0 Å². The maximum absolute atomic E-state index is 13.7. The molecule has 8 heteroatoms. The van der Waals surface area contributed by atoms with Gasteiger partial charge < -0.3 is 24.2 Å². The highest BCUT2D eigenvalue weighted by molar-refractivity contribution is 7.60. The number of nitrogens with zero attached hydrogens (tertiary/aromatic N) is 2. The average molecular weight is 513 g/mol. The summed E-state index contributed by atoms with van der Waals surface area (Å²) in [6.45, 7) is 9.24. The zero-order chi connectivity index (χ0) is 25.0. The van der Waals surface area contributed by atoms with E-state index in [1.54, 1.807) is 0 Å². The van der Waals surface area contributed by atoms with Crippen LogP contribution in [-0.2, 0) is 13.1 Å². The Balaban J connectivity index is 1.42. The molecular weight excluding hydrogens is 475 g/mol. The van der Waals surface area contributed by atoms with Gasteiger partial charge in [0.1, 0.15) is 17.7 Å². The monoisotopic (exact) mass is 512 g/mol. The van der Waals surface area contributed by atoms with Crippen molar-refractivity contribution in [3.63, 3.8) is 0 Å². The van der Waals surface area contributed by atoms with Crippen LogP contribution in [0.3, 0.4) is 0 Å². The van der Waals surface area contributed by atoms with Gasteiger partial charge in [0.05, 0.1) is 5.92 Å². The smallest absolute Gasteiger partial charge is 0.333 e. The number of phenolic OH excluding ortho intramolecular Hbond substituents is 2. The van der Waals surface area contributed by atoms with Gasteiger partial charge in [-0.2, -0.15) is 0 Å². The first kappa shape index (κ1) is 24.3. The van der Waals surface area contributed by atoms with Gasteiger partial charge >= 0.3 is 7.94 Å². The molecule has 0 spiro atoms. The van der Waals surface area contributed by atoms with Gasteiger partial charge in [0.2, 0.25) is 0 Å². The van der Waals surface area contributed by atoms with Crippen molar-refractivity contribution in [1.82, 2.24) is 9.80 Å². The van der Waals surface area contributed by atoms with Crippen LogP contribution in [0.2, 0.25) is 0 Å². The molecule has 4 heterocycles. The van der Waals surface area contributed by atoms with Gasteiger partial charge in [-0.1, -0.05) is 12.8 Å². The maximum Gasteiger partial charge on any atom is 0.333 e. The Bertz CT molecular complexity index is 1090. The minimum Gasteiger partial charge on any atom is -0.617 e. The van der Waals surface area contributed by atoms with Gasteiger partial charge in [-0.05, 0) is 77.8 Å². The second-order valence-electron chi connectivity index (χ2n) is 11.1. The van der Waals surface area contributed by atoms with Crippen LogP contribution in [0.15, 0.2) is 12.1 Å². The van der Waals surface area contributed by atoms with E-state index < -0.39 is 7.94 Å². The number of fused-ring (bicyclic) bond motifs is 6. The summed E-state index contributed by atoms with van der Waals surface area (Å²) < 4.78 is 12.0. The molecule has 2 aromatic carbocycles. The molecule has 2 N–H and O–H groups in total. The van der Waals surface area contributed by atoms with Crippen molar-refractivity contribution in [1.29, 1.82) is 0 Å². The van der Waals surface area contributed by atoms with Gasteiger partial charge in [-0.15, -0.1) is 0 Å². The fourth-order valence-electron chi connectivity index (χ4n) is 6.45. The highest BCUT2D eigenvalue weighted by Gasteiger charge is 2.51. The number of likely N-dealkylation sites (tertiary alicyclic amines) is 2. The second kappa shape index (κ2) is 9.36. The zero-order valence-corrected chi connectivity index (χ0v) is 22.3. The van der Waals surface area contributed by atoms with Crippen molar-refractivity contribution < 1.29 is 24.2 Å². The van der Waals surface area contributed by atoms with E-state index in [0.717, 1.165) is 48.4 Å². The number of hydrogen-bond donors (Lipinski definition) is 2. The van der Waals surface area contributed by atoms with Crippen molar-refractivity contribution in [2.45, 2.75) is 71.4 Å². The Morgan fingerprint density at radius 2 is 1.19 bits per heavy atom. The van der Waals surface area contributed by atoms with Crippen LogP contribution in [0.5, 0.6) is 23.0 Å². The molecule has 0 atom stereocenters. The van der Waals surface area contributed by atoms with Gasteiger partial charge in [-0.3, -0.25) is 9.80 Å². The normalized spacial score (nSPS) is 26.0. The van der Waals surface area contributed by atoms with E-state index in [2.05, 4.69) is 21.9 Å². The molecule has 0 radical (unpaired) electrons. The predicted molar refractivity (Wildman–Crippen MR) is 139 cm³/mol. The number of phenols is 2. The van der Waals surface area contributed by atoms with E-state index >= 15 is 0 Å². The first-order chi connectivity index (χ1) is 17.3. The third-order valence-electron chi connectivity index (χ3n) is 8.49. The number of piperidine rings is 2. The maximum atomic E-state index is 13.7. The minimum atomic E-state index is -3.46. The molecule has 2 bridgehead atoms. The van der Waals surface area contributed by atoms with E-state index in [0.29, 0.717) is 35.7 Å². The van der Waals surface area contributed by atoms with Gasteiger partial charge in [0.15, 0.2) is 11.5 Å². The Hall–Kier alpha value is -2.05. The molecule has 7 nitrogen and oxygen atoms in total. The van der Waals surface area contributed by atoms with Crippen LogP contribution in [0, 0.1) is 13.8 Å². The quantitative estimate of drug-likeness (QED) is 0.573. The molecule has 2 saturated heterocycles. The summed E-state index contributed by atoms with van der Waals surface area (Å²) in [7, 11) is -3.46. The van der Waals surface area contributed by atoms with Crippen LogP contribution in [0.1, 0.15) is 77.8 Å². The highest BCUT2D eigenvalue weighted by Crippen LogP contribution is 2.67. The van der Waals surface area contributed by atoms with Crippen molar-refractivity contribution in [3.8, 4) is 23.0 Å². The third kappa shape index (κ3) is 4.24. The van der Waals surface area contributed by atoms with Crippen LogP contribution < -0.4 is 13.9 Å². The summed E-state index contributed by atoms with van der Waals surface area (Å²) in [4.78, 5) is 18.5. The molecular formula is C28H37N2O5P. The van der Waals surface area contributed by atoms with E-state index in [-0.39, 0.29) is 23.6 Å². The largest absolute Gasteiger partial charge is 0.617 e. The van der Waals surface area contributed by atoms with Crippen LogP contribution >= 0.6 is 7.94 Å². The van der Waals surface area contributed by atoms with Crippen molar-refractivity contribution in [2.75, 3.05) is 32.3 Å². The summed E-state index contributed by atoms with van der Waals surface area (Å²) in [5.41, 5.74) is 4.96. The highest BCUT2D eigenvalue weighted by atomic mass is 31.2. The lowest BCUT2D eigenvalue weighted by molar-refractivity contribution is -0.204. The van der Waals surface area contributed by atoms with Crippen LogP contribution in [0.25, 0.3) is 0 Å². The predicted octanol–water partition coefficient (Wildman–Crippen LogP) is 4.73. The number of hydrogen-bond acceptors (Lipinski definition) is 7. The summed E-state index contributed by atoms with van der Waals surface area (Å²) in [6.07, 6.45) is 7.55. The van der Waals surface area contributed by atoms with Crippen LogP contribution in [0.4, 0.5) is 0 Å². The van der Waals surface area contributed by atoms with E-state index in [4.69, 9.17) is 9.05 Å². The number of aromatic hydroxyl groups is 2. The molecule has 2 aromatic rings. The zero-order valence-electron chi connectivity index (χ0n) is 21.4. The van der Waals surface area contributed by atoms with Crippen molar-refractivity contribution in [2.24, 2.45) is 0 Å². The summed E-state index contributed by atoms with van der Waals surface area (Å²) in [5, 5.41) is 22.1. The molecule has 0 aromatic heterocycles. The van der Waals surface area contributed by atoms with Gasteiger partial charge in [-0.25, -0.2) is 0 Å². The van der Waals surface area contributed by atoms with Crippen LogP contribution in [-0.4, -0.2) is 52.4 Å². The van der Waals surface area contributed by atoms with E-state index in [1.807, 2.05) is 13.8 Å². The molecule has 0 amide bonds. The minimum absolute atomic E-state index is 0.165. The Morgan fingerprint density at radius 1 is 0.778 bits per heavy atom. The molecule has 6 rings (SSSR count).